The lowest BCUT2D eigenvalue weighted by Gasteiger charge is -2.14. The van der Waals surface area contributed by atoms with Crippen LogP contribution in [0, 0.1) is 0 Å². The van der Waals surface area contributed by atoms with Crippen LogP contribution in [0.25, 0.3) is 6.08 Å². The van der Waals surface area contributed by atoms with Gasteiger partial charge < -0.3 is 14.9 Å². The summed E-state index contributed by atoms with van der Waals surface area (Å²) in [5.41, 5.74) is 1.33. The molecule has 0 spiro atoms. The van der Waals surface area contributed by atoms with Crippen LogP contribution in [0.5, 0.6) is 11.5 Å². The van der Waals surface area contributed by atoms with Gasteiger partial charge in [-0.3, -0.25) is 9.69 Å². The van der Waals surface area contributed by atoms with Crippen LogP contribution in [0.4, 0.5) is 5.69 Å². The Morgan fingerprint density at radius 2 is 1.96 bits per heavy atom. The van der Waals surface area contributed by atoms with Crippen molar-refractivity contribution < 1.29 is 24.5 Å². The number of phenols is 1. The minimum Gasteiger partial charge on any atom is -0.504 e. The van der Waals surface area contributed by atoms with Gasteiger partial charge in [0.1, 0.15) is 0 Å². The van der Waals surface area contributed by atoms with Crippen molar-refractivity contribution in [2.45, 2.75) is 6.92 Å². The number of aromatic carboxylic acids is 1. The molecule has 6 nitrogen and oxygen atoms in total. The van der Waals surface area contributed by atoms with Gasteiger partial charge >= 0.3 is 5.97 Å². The van der Waals surface area contributed by atoms with E-state index in [0.717, 1.165) is 11.8 Å². The predicted octanol–water partition coefficient (Wildman–Crippen LogP) is 3.89. The number of carbonyl (C=O) groups is 2. The Morgan fingerprint density at radius 3 is 2.59 bits per heavy atom. The second kappa shape index (κ2) is 7.81. The van der Waals surface area contributed by atoms with E-state index < -0.39 is 5.97 Å². The first-order valence-electron chi connectivity index (χ1n) is 7.98. The molecule has 138 valence electrons. The number of ether oxygens (including phenoxy) is 1. The summed E-state index contributed by atoms with van der Waals surface area (Å²) in [4.78, 5) is 25.5. The van der Waals surface area contributed by atoms with Gasteiger partial charge in [0.05, 0.1) is 22.8 Å². The normalized spacial score (nSPS) is 15.4. The molecule has 8 heteroatoms. The Kier molecular flexibility index (Phi) is 5.48. The van der Waals surface area contributed by atoms with E-state index in [1.54, 1.807) is 30.3 Å². The van der Waals surface area contributed by atoms with Gasteiger partial charge in [0.25, 0.3) is 5.91 Å². The summed E-state index contributed by atoms with van der Waals surface area (Å²) >= 11 is 6.47. The van der Waals surface area contributed by atoms with Crippen LogP contribution in [0.2, 0.25) is 0 Å². The third-order valence-electron chi connectivity index (χ3n) is 3.75. The lowest BCUT2D eigenvalue weighted by molar-refractivity contribution is -0.113. The molecule has 1 amide bonds. The number of benzene rings is 2. The molecule has 0 radical (unpaired) electrons. The molecule has 0 saturated carbocycles. The van der Waals surface area contributed by atoms with Crippen molar-refractivity contribution in [1.29, 1.82) is 0 Å². The van der Waals surface area contributed by atoms with E-state index in [1.807, 2.05) is 6.92 Å². The number of thiocarbonyl (C=S) groups is 1. The molecular formula is C19H15NO5S2. The summed E-state index contributed by atoms with van der Waals surface area (Å²) in [6.45, 7) is 2.22. The fraction of sp³-hybridized carbons (Fsp3) is 0.105. The zero-order valence-corrected chi connectivity index (χ0v) is 15.8. The fourth-order valence-electron chi connectivity index (χ4n) is 2.49. The molecule has 3 rings (SSSR count). The van der Waals surface area contributed by atoms with Crippen LogP contribution < -0.4 is 9.64 Å². The second-order valence-electron chi connectivity index (χ2n) is 5.53. The van der Waals surface area contributed by atoms with Crippen LogP contribution in [-0.2, 0) is 4.79 Å². The van der Waals surface area contributed by atoms with Gasteiger partial charge in [-0.25, -0.2) is 4.79 Å². The first-order chi connectivity index (χ1) is 12.9. The third-order valence-corrected chi connectivity index (χ3v) is 5.05. The van der Waals surface area contributed by atoms with Gasteiger partial charge in [-0.15, -0.1) is 0 Å². The van der Waals surface area contributed by atoms with Gasteiger partial charge in [0, 0.05) is 0 Å². The molecule has 0 atom stereocenters. The van der Waals surface area contributed by atoms with Gasteiger partial charge in [-0.2, -0.15) is 0 Å². The Balaban J connectivity index is 1.88. The van der Waals surface area contributed by atoms with E-state index in [0.29, 0.717) is 32.8 Å². The van der Waals surface area contributed by atoms with Gasteiger partial charge in [0.15, 0.2) is 15.8 Å². The zero-order valence-electron chi connectivity index (χ0n) is 14.2. The minimum atomic E-state index is -1.04. The van der Waals surface area contributed by atoms with Crippen LogP contribution in [0.3, 0.4) is 0 Å². The molecule has 2 aromatic carbocycles. The highest BCUT2D eigenvalue weighted by Gasteiger charge is 2.33. The first-order valence-corrected chi connectivity index (χ1v) is 9.20. The smallest absolute Gasteiger partial charge is 0.335 e. The summed E-state index contributed by atoms with van der Waals surface area (Å²) in [7, 11) is 0. The lowest BCUT2D eigenvalue weighted by Crippen LogP contribution is -2.27. The maximum atomic E-state index is 12.8. The standard InChI is InChI=1S/C19H15NO5S2/c1-2-25-15-9-11(3-8-14(15)21)10-16-17(22)20(19(26)27-16)13-6-4-12(5-7-13)18(23)24/h3-10,21H,2H2,1H3,(H,23,24). The van der Waals surface area contributed by atoms with Crippen molar-refractivity contribution in [2.75, 3.05) is 11.5 Å². The highest BCUT2D eigenvalue weighted by atomic mass is 32.2. The average Bonchev–Trinajstić information content (AvgIpc) is 2.91. The van der Waals surface area contributed by atoms with E-state index >= 15 is 0 Å². The number of phenolic OH excluding ortho intramolecular Hbond substituents is 1. The molecule has 1 heterocycles. The van der Waals surface area contributed by atoms with E-state index in [4.69, 9.17) is 22.1 Å². The largest absolute Gasteiger partial charge is 0.504 e. The first kappa shape index (κ1) is 18.9. The van der Waals surface area contributed by atoms with Gasteiger partial charge in [-0.05, 0) is 55.0 Å². The number of carboxylic acids is 1. The molecule has 1 aliphatic rings. The number of aromatic hydroxyl groups is 1. The van der Waals surface area contributed by atoms with Crippen molar-refractivity contribution in [3.05, 3.63) is 58.5 Å². The number of carboxylic acid groups (broad SMARTS) is 1. The van der Waals surface area contributed by atoms with Crippen molar-refractivity contribution in [3.8, 4) is 11.5 Å². The Labute approximate surface area is 165 Å². The van der Waals surface area contributed by atoms with Gasteiger partial charge in [-0.1, -0.05) is 30.0 Å². The molecular weight excluding hydrogens is 386 g/mol. The van der Waals surface area contributed by atoms with Crippen LogP contribution >= 0.6 is 24.0 Å². The van der Waals surface area contributed by atoms with E-state index in [1.165, 1.54) is 23.1 Å². The summed E-state index contributed by atoms with van der Waals surface area (Å²) in [6.07, 6.45) is 1.67. The molecule has 0 aliphatic carbocycles. The molecule has 27 heavy (non-hydrogen) atoms. The maximum Gasteiger partial charge on any atom is 0.335 e. The molecule has 1 aliphatic heterocycles. The topological polar surface area (TPSA) is 87.1 Å². The third kappa shape index (κ3) is 3.96. The molecule has 0 unspecified atom stereocenters. The maximum absolute atomic E-state index is 12.8. The number of anilines is 1. The Bertz CT molecular complexity index is 953. The van der Waals surface area contributed by atoms with E-state index in [-0.39, 0.29) is 17.2 Å². The predicted molar refractivity (Wildman–Crippen MR) is 108 cm³/mol. The SMILES string of the molecule is CCOc1cc(C=C2SC(=S)N(c3ccc(C(=O)O)cc3)C2=O)ccc1O. The number of nitrogens with zero attached hydrogens (tertiary/aromatic N) is 1. The number of carbonyl (C=O) groups excluding carboxylic acids is 1. The van der Waals surface area contributed by atoms with Crippen molar-refractivity contribution in [2.24, 2.45) is 0 Å². The molecule has 1 saturated heterocycles. The summed E-state index contributed by atoms with van der Waals surface area (Å²) < 4.78 is 5.71. The molecule has 2 N–H and O–H groups in total. The summed E-state index contributed by atoms with van der Waals surface area (Å²) in [6, 6.07) is 10.8. The fourth-order valence-corrected chi connectivity index (χ4v) is 3.79. The van der Waals surface area contributed by atoms with Crippen molar-refractivity contribution >= 4 is 51.9 Å². The molecule has 2 aromatic rings. The monoisotopic (exact) mass is 401 g/mol. The Morgan fingerprint density at radius 1 is 1.26 bits per heavy atom. The number of hydrogen-bond donors (Lipinski definition) is 2. The number of amides is 1. The number of thioether (sulfide) groups is 1. The lowest BCUT2D eigenvalue weighted by atomic mass is 10.1. The summed E-state index contributed by atoms with van der Waals surface area (Å²) in [5.74, 6) is -0.963. The van der Waals surface area contributed by atoms with Crippen LogP contribution in [0.1, 0.15) is 22.8 Å². The number of hydrogen-bond acceptors (Lipinski definition) is 6. The molecule has 1 fully saturated rings. The highest BCUT2D eigenvalue weighted by Crippen LogP contribution is 2.37. The highest BCUT2D eigenvalue weighted by molar-refractivity contribution is 8.27. The average molecular weight is 401 g/mol. The van der Waals surface area contributed by atoms with Gasteiger partial charge in [0.2, 0.25) is 0 Å². The van der Waals surface area contributed by atoms with Crippen molar-refractivity contribution in [1.82, 2.24) is 0 Å². The molecule has 0 bridgehead atoms. The van der Waals surface area contributed by atoms with E-state index in [2.05, 4.69) is 0 Å². The van der Waals surface area contributed by atoms with Crippen LogP contribution in [0.15, 0.2) is 47.4 Å². The van der Waals surface area contributed by atoms with Crippen molar-refractivity contribution in [3.63, 3.8) is 0 Å². The second-order valence-corrected chi connectivity index (χ2v) is 7.21. The zero-order chi connectivity index (χ0) is 19.6. The quantitative estimate of drug-likeness (QED) is 0.580. The Hall–Kier alpha value is -2.84. The molecule has 0 aromatic heterocycles. The van der Waals surface area contributed by atoms with E-state index in [9.17, 15) is 14.7 Å². The number of rotatable bonds is 5. The minimum absolute atomic E-state index is 0.0278. The van der Waals surface area contributed by atoms with Crippen LogP contribution in [-0.4, -0.2) is 33.0 Å². The summed E-state index contributed by atoms with van der Waals surface area (Å²) in [5, 5.41) is 18.8.